The lowest BCUT2D eigenvalue weighted by molar-refractivity contribution is -0.131. The normalized spacial score (nSPS) is 29.9. The van der Waals surface area contributed by atoms with Crippen molar-refractivity contribution in [3.05, 3.63) is 12.2 Å². The lowest BCUT2D eigenvalue weighted by atomic mass is 9.88. The summed E-state index contributed by atoms with van der Waals surface area (Å²) in [7, 11) is -3.63. The van der Waals surface area contributed by atoms with E-state index < -0.39 is 22.0 Å². The van der Waals surface area contributed by atoms with Gasteiger partial charge in [-0.15, -0.1) is 0 Å². The maximum atomic E-state index is 12.8. The van der Waals surface area contributed by atoms with E-state index in [0.717, 1.165) is 30.2 Å². The van der Waals surface area contributed by atoms with E-state index in [1.54, 1.807) is 11.0 Å². The van der Waals surface area contributed by atoms with Gasteiger partial charge in [-0.1, -0.05) is 26.3 Å². The Morgan fingerprint density at radius 3 is 2.44 bits per heavy atom. The summed E-state index contributed by atoms with van der Waals surface area (Å²) in [6.45, 7) is 7.22. The molecule has 3 fully saturated rings. The van der Waals surface area contributed by atoms with Crippen LogP contribution in [-0.2, 0) is 19.6 Å². The minimum Gasteiger partial charge on any atom is -0.333 e. The number of amides is 2. The summed E-state index contributed by atoms with van der Waals surface area (Å²) in [5.41, 5.74) is 0. The van der Waals surface area contributed by atoms with Crippen molar-refractivity contribution >= 4 is 21.8 Å². The topological polar surface area (TPSA) is 78.0 Å². The minimum absolute atomic E-state index is 0.0255. The quantitative estimate of drug-likeness (QED) is 0.649. The average molecular weight is 398 g/mol. The molecule has 3 heterocycles. The predicted octanol–water partition coefficient (Wildman–Crippen LogP) is 1.07. The maximum absolute atomic E-state index is 12.8. The van der Waals surface area contributed by atoms with Gasteiger partial charge in [-0.05, 0) is 38.3 Å². The van der Waals surface area contributed by atoms with Crippen LogP contribution < -0.4 is 0 Å². The Morgan fingerprint density at radius 1 is 1.19 bits per heavy atom. The number of carbonyl (C=O) groups is 2. The second-order valence-corrected chi connectivity index (χ2v) is 10.2. The Morgan fingerprint density at radius 2 is 1.85 bits per heavy atom. The highest BCUT2D eigenvalue weighted by molar-refractivity contribution is 7.88. The van der Waals surface area contributed by atoms with Crippen molar-refractivity contribution in [1.29, 1.82) is 0 Å². The molecule has 0 aromatic rings. The minimum atomic E-state index is -3.63. The van der Waals surface area contributed by atoms with Crippen LogP contribution in [-0.4, -0.2) is 78.9 Å². The van der Waals surface area contributed by atoms with Gasteiger partial charge in [0.15, 0.2) is 0 Å². The van der Waals surface area contributed by atoms with Crippen molar-refractivity contribution in [3.8, 4) is 0 Å². The zero-order valence-electron chi connectivity index (χ0n) is 16.5. The van der Waals surface area contributed by atoms with E-state index in [0.29, 0.717) is 13.0 Å². The summed E-state index contributed by atoms with van der Waals surface area (Å²) in [5, 5.41) is 0. The molecule has 152 valence electrons. The first-order valence-electron chi connectivity index (χ1n) is 9.94. The second kappa shape index (κ2) is 7.91. The van der Waals surface area contributed by atoms with Gasteiger partial charge in [0.2, 0.25) is 21.8 Å². The summed E-state index contributed by atoms with van der Waals surface area (Å²) in [6.07, 6.45) is 8.77. The second-order valence-electron chi connectivity index (χ2n) is 8.31. The molecule has 27 heavy (non-hydrogen) atoms. The molecule has 0 aliphatic carbocycles. The fourth-order valence-corrected chi connectivity index (χ4v) is 6.00. The van der Waals surface area contributed by atoms with E-state index in [1.165, 1.54) is 19.3 Å². The molecule has 0 spiro atoms. The van der Waals surface area contributed by atoms with Crippen molar-refractivity contribution in [1.82, 2.24) is 14.1 Å². The lowest BCUT2D eigenvalue weighted by Crippen LogP contribution is -2.43. The van der Waals surface area contributed by atoms with Gasteiger partial charge in [-0.3, -0.25) is 14.5 Å². The van der Waals surface area contributed by atoms with Crippen molar-refractivity contribution < 1.29 is 18.0 Å². The van der Waals surface area contributed by atoms with Crippen LogP contribution in [0, 0.1) is 11.8 Å². The fraction of sp³-hybridized carbons (Fsp3) is 0.789. The molecule has 3 saturated heterocycles. The van der Waals surface area contributed by atoms with Crippen LogP contribution >= 0.6 is 0 Å². The van der Waals surface area contributed by atoms with Crippen LogP contribution in [0.25, 0.3) is 0 Å². The van der Waals surface area contributed by atoms with Gasteiger partial charge in [0, 0.05) is 19.2 Å². The van der Waals surface area contributed by atoms with Crippen molar-refractivity contribution in [2.45, 2.75) is 51.6 Å². The third kappa shape index (κ3) is 4.06. The van der Waals surface area contributed by atoms with Gasteiger partial charge in [0.1, 0.15) is 0 Å². The molecule has 7 nitrogen and oxygen atoms in total. The first-order valence-corrected chi connectivity index (χ1v) is 11.8. The highest BCUT2D eigenvalue weighted by atomic mass is 32.2. The number of sulfonamides is 1. The molecule has 3 aliphatic rings. The molecular weight excluding hydrogens is 366 g/mol. The maximum Gasteiger partial charge on any atom is 0.246 e. The summed E-state index contributed by atoms with van der Waals surface area (Å²) >= 11 is 0. The Bertz CT molecular complexity index is 712. The van der Waals surface area contributed by atoms with Gasteiger partial charge in [-0.2, -0.15) is 0 Å². The molecule has 0 aromatic carbocycles. The third-order valence-electron chi connectivity index (χ3n) is 6.02. The molecule has 3 atom stereocenters. The SMILES string of the molecule is CC(C)C1C(=O)N(S(C)(=O)=O)[C@@H]2CCN(C(=O)C=CCN3CCCCC3)[C@@H]12. The predicted molar refractivity (Wildman–Crippen MR) is 103 cm³/mol. The van der Waals surface area contributed by atoms with Crippen LogP contribution in [0.5, 0.6) is 0 Å². The Kier molecular flexibility index (Phi) is 5.96. The standard InChI is InChI=1S/C19H31N3O4S/c1-14(2)17-18-15(22(19(17)24)27(3,25)26)9-13-21(18)16(23)8-7-12-20-10-5-4-6-11-20/h7-8,14-15,17-18H,4-6,9-13H2,1-3H3/t15-,17?,18-/m1/s1. The van der Waals surface area contributed by atoms with E-state index in [-0.39, 0.29) is 23.8 Å². The molecule has 3 aliphatic heterocycles. The molecule has 0 N–H and O–H groups in total. The average Bonchev–Trinajstić information content (AvgIpc) is 3.11. The van der Waals surface area contributed by atoms with E-state index in [4.69, 9.17) is 0 Å². The van der Waals surface area contributed by atoms with Gasteiger partial charge in [0.25, 0.3) is 0 Å². The molecule has 0 saturated carbocycles. The molecule has 3 rings (SSSR count). The number of carbonyl (C=O) groups excluding carboxylic acids is 2. The number of nitrogens with zero attached hydrogens (tertiary/aromatic N) is 3. The Labute approximate surface area is 162 Å². The van der Waals surface area contributed by atoms with E-state index in [1.807, 2.05) is 19.9 Å². The van der Waals surface area contributed by atoms with Crippen molar-refractivity contribution in [3.63, 3.8) is 0 Å². The van der Waals surface area contributed by atoms with Crippen LogP contribution in [0.2, 0.25) is 0 Å². The fourth-order valence-electron chi connectivity index (χ4n) is 4.83. The summed E-state index contributed by atoms with van der Waals surface area (Å²) in [5.74, 6) is -0.972. The number of hydrogen-bond donors (Lipinski definition) is 0. The molecule has 2 amide bonds. The van der Waals surface area contributed by atoms with Crippen LogP contribution in [0.15, 0.2) is 12.2 Å². The number of hydrogen-bond acceptors (Lipinski definition) is 5. The highest BCUT2D eigenvalue weighted by Gasteiger charge is 2.58. The highest BCUT2D eigenvalue weighted by Crippen LogP contribution is 2.41. The number of likely N-dealkylation sites (tertiary alicyclic amines) is 2. The van der Waals surface area contributed by atoms with E-state index >= 15 is 0 Å². The van der Waals surface area contributed by atoms with Gasteiger partial charge < -0.3 is 4.90 Å². The molecular formula is C19H31N3O4S. The largest absolute Gasteiger partial charge is 0.333 e. The van der Waals surface area contributed by atoms with Gasteiger partial charge >= 0.3 is 0 Å². The number of rotatable bonds is 5. The molecule has 0 bridgehead atoms. The Hall–Kier alpha value is -1.41. The van der Waals surface area contributed by atoms with Crippen molar-refractivity contribution in [2.24, 2.45) is 11.8 Å². The zero-order chi connectivity index (χ0) is 19.8. The van der Waals surface area contributed by atoms with E-state index in [9.17, 15) is 18.0 Å². The van der Waals surface area contributed by atoms with Crippen LogP contribution in [0.3, 0.4) is 0 Å². The van der Waals surface area contributed by atoms with Gasteiger partial charge in [-0.25, -0.2) is 12.7 Å². The lowest BCUT2D eigenvalue weighted by Gasteiger charge is -2.28. The Balaban J connectivity index is 1.73. The summed E-state index contributed by atoms with van der Waals surface area (Å²) in [4.78, 5) is 29.6. The number of piperidine rings is 1. The van der Waals surface area contributed by atoms with Gasteiger partial charge in [0.05, 0.1) is 24.3 Å². The first-order chi connectivity index (χ1) is 12.7. The molecule has 0 radical (unpaired) electrons. The summed E-state index contributed by atoms with van der Waals surface area (Å²) in [6, 6.07) is -0.793. The third-order valence-corrected chi connectivity index (χ3v) is 7.19. The first kappa shape index (κ1) is 20.3. The zero-order valence-corrected chi connectivity index (χ0v) is 17.3. The molecule has 1 unspecified atom stereocenters. The van der Waals surface area contributed by atoms with Crippen LogP contribution in [0.4, 0.5) is 0 Å². The van der Waals surface area contributed by atoms with Crippen LogP contribution in [0.1, 0.15) is 39.5 Å². The summed E-state index contributed by atoms with van der Waals surface area (Å²) < 4.78 is 25.4. The van der Waals surface area contributed by atoms with E-state index in [2.05, 4.69) is 4.90 Å². The monoisotopic (exact) mass is 397 g/mol. The molecule has 0 aromatic heterocycles. The molecule has 8 heteroatoms. The number of fused-ring (bicyclic) bond motifs is 1. The van der Waals surface area contributed by atoms with Crippen molar-refractivity contribution in [2.75, 3.05) is 32.4 Å². The smallest absolute Gasteiger partial charge is 0.246 e.